The minimum Gasteiger partial charge on any atom is -0.324 e. The van der Waals surface area contributed by atoms with Gasteiger partial charge in [-0.2, -0.15) is 13.2 Å². The van der Waals surface area contributed by atoms with Crippen LogP contribution in [0.2, 0.25) is 5.02 Å². The predicted molar refractivity (Wildman–Crippen MR) is 136 cm³/mol. The summed E-state index contributed by atoms with van der Waals surface area (Å²) in [5.41, 5.74) is -1.35. The molecule has 0 aliphatic rings. The van der Waals surface area contributed by atoms with Crippen molar-refractivity contribution in [3.05, 3.63) is 83.4 Å². The minimum absolute atomic E-state index is 0.130. The van der Waals surface area contributed by atoms with Crippen LogP contribution in [0.3, 0.4) is 0 Å². The summed E-state index contributed by atoms with van der Waals surface area (Å²) >= 11 is 6.11. The molecule has 0 radical (unpaired) electrons. The highest BCUT2D eigenvalue weighted by molar-refractivity contribution is 7.93. The molecule has 14 heteroatoms. The SMILES string of the molecule is CN(c1cccc(NC(=O)CN(c2cc(C(F)(F)F)ccc2Cl)S(=O)(=O)c2ccccc2)c1)S(C)(=O)=O. The number of nitrogens with zero attached hydrogens (tertiary/aromatic N) is 2. The first-order chi connectivity index (χ1) is 17.1. The number of rotatable bonds is 8. The Bertz CT molecular complexity index is 1520. The van der Waals surface area contributed by atoms with Gasteiger partial charge in [0.1, 0.15) is 6.54 Å². The molecule has 0 spiro atoms. The van der Waals surface area contributed by atoms with Gasteiger partial charge in [-0.25, -0.2) is 16.8 Å². The van der Waals surface area contributed by atoms with E-state index in [1.807, 2.05) is 0 Å². The molecule has 0 saturated heterocycles. The topological polar surface area (TPSA) is 104 Å². The first kappa shape index (κ1) is 28.3. The molecular weight excluding hydrogens is 555 g/mol. The normalized spacial score (nSPS) is 12.2. The van der Waals surface area contributed by atoms with Crippen molar-refractivity contribution in [2.75, 3.05) is 33.8 Å². The van der Waals surface area contributed by atoms with Crippen molar-refractivity contribution in [1.29, 1.82) is 0 Å². The quantitative estimate of drug-likeness (QED) is 0.423. The lowest BCUT2D eigenvalue weighted by molar-refractivity contribution is -0.137. The van der Waals surface area contributed by atoms with E-state index in [9.17, 15) is 34.8 Å². The van der Waals surface area contributed by atoms with Gasteiger partial charge in [-0.05, 0) is 48.5 Å². The van der Waals surface area contributed by atoms with Crippen LogP contribution in [-0.2, 0) is 31.0 Å². The molecule has 0 bridgehead atoms. The largest absolute Gasteiger partial charge is 0.416 e. The Hall–Kier alpha value is -3.29. The minimum atomic E-state index is -4.80. The van der Waals surface area contributed by atoms with E-state index in [1.54, 1.807) is 6.07 Å². The number of halogens is 4. The van der Waals surface area contributed by atoms with E-state index >= 15 is 0 Å². The first-order valence-corrected chi connectivity index (χ1v) is 14.1. The van der Waals surface area contributed by atoms with Gasteiger partial charge in [0.05, 0.1) is 33.1 Å². The van der Waals surface area contributed by atoms with Crippen LogP contribution in [0.4, 0.5) is 30.2 Å². The molecule has 198 valence electrons. The number of hydrogen-bond acceptors (Lipinski definition) is 5. The van der Waals surface area contributed by atoms with Gasteiger partial charge >= 0.3 is 6.18 Å². The fourth-order valence-corrected chi connectivity index (χ4v) is 5.42. The highest BCUT2D eigenvalue weighted by Crippen LogP contribution is 2.37. The Balaban J connectivity index is 2.02. The van der Waals surface area contributed by atoms with Crippen LogP contribution in [0.15, 0.2) is 77.7 Å². The average molecular weight is 576 g/mol. The summed E-state index contributed by atoms with van der Waals surface area (Å²) in [4.78, 5) is 12.7. The highest BCUT2D eigenvalue weighted by Gasteiger charge is 2.34. The van der Waals surface area contributed by atoms with Gasteiger partial charge in [0, 0.05) is 12.7 Å². The third-order valence-corrected chi connectivity index (χ3v) is 8.45. The van der Waals surface area contributed by atoms with E-state index < -0.39 is 49.9 Å². The molecule has 3 aromatic carbocycles. The zero-order chi connectivity index (χ0) is 27.6. The van der Waals surface area contributed by atoms with E-state index in [0.29, 0.717) is 16.4 Å². The fourth-order valence-electron chi connectivity index (χ4n) is 3.20. The van der Waals surface area contributed by atoms with Crippen molar-refractivity contribution >= 4 is 54.6 Å². The number of carbonyl (C=O) groups excluding carboxylic acids is 1. The standard InChI is InChI=1S/C23H21ClF3N3O5S2/c1-29(36(2,32)33)18-8-6-7-17(14-18)28-22(31)15-30(37(34,35)19-9-4-3-5-10-19)21-13-16(23(25,26)27)11-12-20(21)24/h3-14H,15H2,1-2H3,(H,28,31). The number of hydrogen-bond donors (Lipinski definition) is 1. The lowest BCUT2D eigenvalue weighted by Gasteiger charge is -2.26. The zero-order valence-electron chi connectivity index (χ0n) is 19.4. The summed E-state index contributed by atoms with van der Waals surface area (Å²) in [6.07, 6.45) is -3.81. The van der Waals surface area contributed by atoms with Crippen molar-refractivity contribution < 1.29 is 34.8 Å². The molecule has 0 aliphatic carbocycles. The number of nitrogens with one attached hydrogen (secondary N) is 1. The van der Waals surface area contributed by atoms with Gasteiger partial charge in [-0.15, -0.1) is 0 Å². The molecule has 0 heterocycles. The summed E-state index contributed by atoms with van der Waals surface area (Å²) in [5.74, 6) is -0.910. The summed E-state index contributed by atoms with van der Waals surface area (Å²) in [7, 11) is -6.83. The van der Waals surface area contributed by atoms with Gasteiger partial charge in [0.2, 0.25) is 15.9 Å². The molecule has 0 atom stereocenters. The van der Waals surface area contributed by atoms with Gasteiger partial charge < -0.3 is 5.32 Å². The van der Waals surface area contributed by atoms with E-state index in [4.69, 9.17) is 11.6 Å². The van der Waals surface area contributed by atoms with Crippen LogP contribution >= 0.6 is 11.6 Å². The first-order valence-electron chi connectivity index (χ1n) is 10.4. The van der Waals surface area contributed by atoms with E-state index in [1.165, 1.54) is 55.6 Å². The second kappa shape index (κ2) is 10.6. The molecule has 8 nitrogen and oxygen atoms in total. The number of sulfonamides is 2. The van der Waals surface area contributed by atoms with Crippen LogP contribution in [-0.4, -0.2) is 42.6 Å². The molecule has 0 aliphatic heterocycles. The van der Waals surface area contributed by atoms with Crippen molar-refractivity contribution in [2.45, 2.75) is 11.1 Å². The summed E-state index contributed by atoms with van der Waals surface area (Å²) < 4.78 is 92.1. The van der Waals surface area contributed by atoms with Crippen LogP contribution in [0.5, 0.6) is 0 Å². The number of alkyl halides is 3. The maximum Gasteiger partial charge on any atom is 0.416 e. The highest BCUT2D eigenvalue weighted by atomic mass is 35.5. The predicted octanol–water partition coefficient (Wildman–Crippen LogP) is 4.59. The van der Waals surface area contributed by atoms with Crippen LogP contribution in [0, 0.1) is 0 Å². The van der Waals surface area contributed by atoms with Crippen LogP contribution in [0.25, 0.3) is 0 Å². The molecule has 0 fully saturated rings. The Morgan fingerprint density at radius 3 is 2.19 bits per heavy atom. The molecule has 0 aromatic heterocycles. The lowest BCUT2D eigenvalue weighted by atomic mass is 10.2. The van der Waals surface area contributed by atoms with Crippen molar-refractivity contribution in [3.63, 3.8) is 0 Å². The van der Waals surface area contributed by atoms with Crippen molar-refractivity contribution in [3.8, 4) is 0 Å². The van der Waals surface area contributed by atoms with Gasteiger partial charge in [0.15, 0.2) is 0 Å². The number of anilines is 3. The summed E-state index contributed by atoms with van der Waals surface area (Å²) in [5, 5.41) is 2.12. The van der Waals surface area contributed by atoms with Gasteiger partial charge in [0.25, 0.3) is 10.0 Å². The Labute approximate surface area is 217 Å². The van der Waals surface area contributed by atoms with Crippen molar-refractivity contribution in [2.24, 2.45) is 0 Å². The number of carbonyl (C=O) groups is 1. The molecule has 0 saturated carbocycles. The number of benzene rings is 3. The molecule has 1 amide bonds. The average Bonchev–Trinajstić information content (AvgIpc) is 2.82. The molecule has 1 N–H and O–H groups in total. The van der Waals surface area contributed by atoms with E-state index in [0.717, 1.165) is 16.6 Å². The maximum absolute atomic E-state index is 13.4. The monoisotopic (exact) mass is 575 g/mol. The van der Waals surface area contributed by atoms with Crippen molar-refractivity contribution in [1.82, 2.24) is 0 Å². The Kier molecular flexibility index (Phi) is 8.10. The molecule has 0 unspecified atom stereocenters. The zero-order valence-corrected chi connectivity index (χ0v) is 21.8. The van der Waals surface area contributed by atoms with Gasteiger partial charge in [-0.3, -0.25) is 13.4 Å². The molecule has 37 heavy (non-hydrogen) atoms. The Morgan fingerprint density at radius 1 is 0.946 bits per heavy atom. The Morgan fingerprint density at radius 2 is 1.59 bits per heavy atom. The lowest BCUT2D eigenvalue weighted by Crippen LogP contribution is -2.38. The molecule has 3 rings (SSSR count). The maximum atomic E-state index is 13.4. The second-order valence-electron chi connectivity index (χ2n) is 7.82. The van der Waals surface area contributed by atoms with Crippen LogP contribution in [0.1, 0.15) is 5.56 Å². The second-order valence-corrected chi connectivity index (χ2v) is 12.1. The van der Waals surface area contributed by atoms with E-state index in [-0.39, 0.29) is 21.3 Å². The third kappa shape index (κ3) is 6.73. The van der Waals surface area contributed by atoms with E-state index in [2.05, 4.69) is 5.32 Å². The number of amides is 1. The van der Waals surface area contributed by atoms with Crippen LogP contribution < -0.4 is 13.9 Å². The molecule has 3 aromatic rings. The third-order valence-electron chi connectivity index (χ3n) is 5.15. The summed E-state index contributed by atoms with van der Waals surface area (Å²) in [6, 6.07) is 14.7. The molecular formula is C23H21ClF3N3O5S2. The summed E-state index contributed by atoms with van der Waals surface area (Å²) in [6.45, 7) is -0.926. The fraction of sp³-hybridized carbons (Fsp3) is 0.174. The smallest absolute Gasteiger partial charge is 0.324 e. The van der Waals surface area contributed by atoms with Gasteiger partial charge in [-0.1, -0.05) is 35.9 Å².